The van der Waals surface area contributed by atoms with Crippen molar-refractivity contribution >= 4 is 32.0 Å². The predicted molar refractivity (Wildman–Crippen MR) is 30.6 cm³/mol. The van der Waals surface area contributed by atoms with E-state index in [9.17, 15) is 0 Å². The molecule has 0 amide bonds. The second kappa shape index (κ2) is 2.32. The third-order valence-corrected chi connectivity index (χ3v) is 1.10. The molecule has 0 saturated heterocycles. The van der Waals surface area contributed by atoms with Crippen LogP contribution in [0.4, 0.5) is 0 Å². The van der Waals surface area contributed by atoms with Gasteiger partial charge in [0.05, 0.1) is 0 Å². The van der Waals surface area contributed by atoms with Crippen LogP contribution in [0.25, 0.3) is 0 Å². The van der Waals surface area contributed by atoms with Crippen LogP contribution in [0.5, 0.6) is 0 Å². The van der Waals surface area contributed by atoms with Gasteiger partial charge >= 0.3 is 0 Å². The summed E-state index contributed by atoms with van der Waals surface area (Å²) in [6.45, 7) is 1.54. The minimum absolute atomic E-state index is 0.402. The molecular weight excluding hydrogens is 142 g/mol. The van der Waals surface area contributed by atoms with Crippen molar-refractivity contribution in [1.82, 2.24) is 0 Å². The van der Waals surface area contributed by atoms with Gasteiger partial charge < -0.3 is 4.89 Å². The first-order chi connectivity index (χ1) is 2.56. The first-order valence-electron chi connectivity index (χ1n) is 1.35. The van der Waals surface area contributed by atoms with E-state index >= 15 is 0 Å². The SMILES string of the molecule is CC(Cl)(Cl)PO. The first-order valence-corrected chi connectivity index (χ1v) is 3.05. The highest BCUT2D eigenvalue weighted by Crippen LogP contribution is 2.35. The molecule has 0 saturated carbocycles. The van der Waals surface area contributed by atoms with Crippen LogP contribution in [-0.4, -0.2) is 8.97 Å². The summed E-state index contributed by atoms with van der Waals surface area (Å²) in [7, 11) is -0.402. The topological polar surface area (TPSA) is 20.2 Å². The number of halogens is 2. The summed E-state index contributed by atoms with van der Waals surface area (Å²) in [6.07, 6.45) is 0. The molecule has 1 nitrogen and oxygen atoms in total. The third kappa shape index (κ3) is 4.97. The molecular formula is C2H5Cl2OP. The fourth-order valence-electron chi connectivity index (χ4n) is 0. The van der Waals surface area contributed by atoms with Gasteiger partial charge in [-0.2, -0.15) is 0 Å². The van der Waals surface area contributed by atoms with Crippen molar-refractivity contribution in [3.63, 3.8) is 0 Å². The van der Waals surface area contributed by atoms with E-state index in [1.54, 1.807) is 0 Å². The Morgan fingerprint density at radius 3 is 1.83 bits per heavy atom. The highest BCUT2D eigenvalue weighted by atomic mass is 35.5. The Morgan fingerprint density at radius 2 is 1.83 bits per heavy atom. The molecule has 0 aliphatic heterocycles. The van der Waals surface area contributed by atoms with Gasteiger partial charge in [0.2, 0.25) is 0 Å². The molecule has 4 heteroatoms. The summed E-state index contributed by atoms with van der Waals surface area (Å²) in [5, 5.41) is 0. The summed E-state index contributed by atoms with van der Waals surface area (Å²) >= 11 is 10.5. The zero-order valence-corrected chi connectivity index (χ0v) is 5.72. The molecule has 0 aromatic heterocycles. The van der Waals surface area contributed by atoms with Gasteiger partial charge in [-0.25, -0.2) is 0 Å². The lowest BCUT2D eigenvalue weighted by molar-refractivity contribution is 0.640. The molecule has 0 rings (SSSR count). The van der Waals surface area contributed by atoms with Crippen molar-refractivity contribution in [2.75, 3.05) is 0 Å². The molecule has 1 N–H and O–H groups in total. The lowest BCUT2D eigenvalue weighted by atomic mass is 10.9. The average Bonchev–Trinajstić information content (AvgIpc) is 1.35. The smallest absolute Gasteiger partial charge is 0.155 e. The van der Waals surface area contributed by atoms with Crippen LogP contribution >= 0.6 is 32.0 Å². The highest BCUT2D eigenvalue weighted by Gasteiger charge is 2.12. The fraction of sp³-hybridized carbons (Fsp3) is 1.00. The van der Waals surface area contributed by atoms with Crippen LogP contribution < -0.4 is 0 Å². The molecule has 6 heavy (non-hydrogen) atoms. The molecule has 0 spiro atoms. The van der Waals surface area contributed by atoms with Gasteiger partial charge in [-0.05, 0) is 6.92 Å². The second-order valence-corrected chi connectivity index (χ2v) is 4.56. The lowest BCUT2D eigenvalue weighted by Gasteiger charge is -2.04. The van der Waals surface area contributed by atoms with Crippen LogP contribution in [0.1, 0.15) is 6.92 Å². The van der Waals surface area contributed by atoms with E-state index < -0.39 is 12.9 Å². The standard InChI is InChI=1S/C2H5Cl2OP/c1-2(3,4)6-5/h5-6H,1H3. The number of alkyl halides is 2. The summed E-state index contributed by atoms with van der Waals surface area (Å²) < 4.78 is -0.931. The van der Waals surface area contributed by atoms with E-state index in [1.165, 1.54) is 6.92 Å². The Labute approximate surface area is 48.5 Å². The van der Waals surface area contributed by atoms with E-state index in [2.05, 4.69) is 0 Å². The maximum atomic E-state index is 8.17. The van der Waals surface area contributed by atoms with Crippen molar-refractivity contribution in [2.24, 2.45) is 0 Å². The van der Waals surface area contributed by atoms with Gasteiger partial charge in [-0.15, -0.1) is 0 Å². The predicted octanol–water partition coefficient (Wildman–Crippen LogP) is 1.72. The van der Waals surface area contributed by atoms with Gasteiger partial charge in [0.1, 0.15) is 0 Å². The van der Waals surface area contributed by atoms with Crippen molar-refractivity contribution < 1.29 is 4.89 Å². The van der Waals surface area contributed by atoms with Crippen molar-refractivity contribution in [3.05, 3.63) is 0 Å². The average molecular weight is 147 g/mol. The maximum absolute atomic E-state index is 8.17. The Bertz CT molecular complexity index is 41.3. The molecule has 0 aliphatic rings. The van der Waals surface area contributed by atoms with E-state index in [0.717, 1.165) is 0 Å². The van der Waals surface area contributed by atoms with Crippen molar-refractivity contribution in [2.45, 2.75) is 11.0 Å². The van der Waals surface area contributed by atoms with E-state index in [4.69, 9.17) is 28.1 Å². The molecule has 38 valence electrons. The van der Waals surface area contributed by atoms with Crippen molar-refractivity contribution in [3.8, 4) is 0 Å². The minimum Gasteiger partial charge on any atom is -0.374 e. The number of rotatable bonds is 1. The zero-order valence-electron chi connectivity index (χ0n) is 3.20. The van der Waals surface area contributed by atoms with Crippen LogP contribution in [0, 0.1) is 0 Å². The van der Waals surface area contributed by atoms with E-state index in [1.807, 2.05) is 0 Å². The van der Waals surface area contributed by atoms with Gasteiger partial charge in [-0.1, -0.05) is 23.2 Å². The summed E-state index contributed by atoms with van der Waals surface area (Å²) in [5.74, 6) is 0. The molecule has 1 atom stereocenters. The van der Waals surface area contributed by atoms with Crippen LogP contribution in [0.15, 0.2) is 0 Å². The maximum Gasteiger partial charge on any atom is 0.155 e. The first kappa shape index (κ1) is 6.97. The third-order valence-electron chi connectivity index (χ3n) is 0.196. The number of hydrogen-bond donors (Lipinski definition) is 1. The summed E-state index contributed by atoms with van der Waals surface area (Å²) in [4.78, 5) is 8.17. The molecule has 0 aliphatic carbocycles. The van der Waals surface area contributed by atoms with Crippen LogP contribution in [-0.2, 0) is 0 Å². The molecule has 1 unspecified atom stereocenters. The monoisotopic (exact) mass is 146 g/mol. The van der Waals surface area contributed by atoms with Gasteiger partial charge in [-0.3, -0.25) is 0 Å². The summed E-state index contributed by atoms with van der Waals surface area (Å²) in [5.41, 5.74) is 0. The fourth-order valence-corrected chi connectivity index (χ4v) is 0. The molecule has 0 aromatic rings. The second-order valence-electron chi connectivity index (χ2n) is 1.00. The van der Waals surface area contributed by atoms with Gasteiger partial charge in [0, 0.05) is 8.81 Å². The molecule has 0 bridgehead atoms. The largest absolute Gasteiger partial charge is 0.374 e. The quantitative estimate of drug-likeness (QED) is 0.442. The minimum atomic E-state index is -0.931. The Balaban J connectivity index is 3.17. The normalized spacial score (nSPS) is 14.0. The Kier molecular flexibility index (Phi) is 2.70. The lowest BCUT2D eigenvalue weighted by Crippen LogP contribution is -1.92. The van der Waals surface area contributed by atoms with Crippen LogP contribution in [0.3, 0.4) is 0 Å². The van der Waals surface area contributed by atoms with Crippen molar-refractivity contribution in [1.29, 1.82) is 0 Å². The Hall–Kier alpha value is 0.970. The summed E-state index contributed by atoms with van der Waals surface area (Å²) in [6, 6.07) is 0. The van der Waals surface area contributed by atoms with E-state index in [-0.39, 0.29) is 0 Å². The zero-order chi connectivity index (χ0) is 5.21. The number of hydrogen-bond acceptors (Lipinski definition) is 1. The molecule has 0 heterocycles. The van der Waals surface area contributed by atoms with Gasteiger partial charge in [0.25, 0.3) is 0 Å². The highest BCUT2D eigenvalue weighted by molar-refractivity contribution is 7.39. The van der Waals surface area contributed by atoms with Gasteiger partial charge in [0.15, 0.2) is 4.07 Å². The molecule has 0 radical (unpaired) electrons. The van der Waals surface area contributed by atoms with E-state index in [0.29, 0.717) is 0 Å². The van der Waals surface area contributed by atoms with Crippen LogP contribution in [0.2, 0.25) is 0 Å². The molecule has 0 aromatic carbocycles. The Morgan fingerprint density at radius 1 is 1.67 bits per heavy atom. The molecule has 0 fully saturated rings.